The minimum atomic E-state index is -0.848. The van der Waals surface area contributed by atoms with Gasteiger partial charge in [0, 0.05) is 50.0 Å². The molecule has 10 heteroatoms. The van der Waals surface area contributed by atoms with Crippen LogP contribution >= 0.6 is 23.2 Å². The van der Waals surface area contributed by atoms with Gasteiger partial charge in [-0.3, -0.25) is 19.3 Å². The average Bonchev–Trinajstić information content (AvgIpc) is 2.83. The van der Waals surface area contributed by atoms with Crippen LogP contribution in [0.4, 0.5) is 11.4 Å². The van der Waals surface area contributed by atoms with Gasteiger partial charge < -0.3 is 20.4 Å². The highest BCUT2D eigenvalue weighted by Crippen LogP contribution is 2.22. The summed E-state index contributed by atoms with van der Waals surface area (Å²) < 4.78 is 0. The third kappa shape index (κ3) is 6.00. The molecule has 0 saturated carbocycles. The minimum absolute atomic E-state index is 0.132. The molecule has 2 heterocycles. The Morgan fingerprint density at radius 1 is 0.971 bits per heavy atom. The number of anilines is 2. The average molecular weight is 504 g/mol. The number of nitrogens with one attached hydrogen (secondary N) is 2. The van der Waals surface area contributed by atoms with Crippen LogP contribution in [0.25, 0.3) is 0 Å². The molecular weight excluding hydrogens is 477 g/mol. The fraction of sp³-hybridized carbons (Fsp3) is 0.375. The first-order chi connectivity index (χ1) is 16.4. The molecule has 2 saturated heterocycles. The molecule has 0 spiro atoms. The largest absolute Gasteiger partial charge is 0.369 e. The van der Waals surface area contributed by atoms with Crippen molar-refractivity contribution in [2.45, 2.75) is 12.5 Å². The summed E-state index contributed by atoms with van der Waals surface area (Å²) in [5.74, 6) is -0.837. The summed E-state index contributed by atoms with van der Waals surface area (Å²) in [4.78, 5) is 44.2. The topological polar surface area (TPSA) is 85.0 Å². The number of piperazine rings is 2. The summed E-state index contributed by atoms with van der Waals surface area (Å²) in [6.07, 6.45) is -0.132. The first kappa shape index (κ1) is 24.3. The number of carbonyl (C=O) groups is 3. The summed E-state index contributed by atoms with van der Waals surface area (Å²) in [5, 5.41) is 6.60. The molecule has 8 nitrogen and oxygen atoms in total. The van der Waals surface area contributed by atoms with Crippen molar-refractivity contribution in [1.29, 1.82) is 0 Å². The molecule has 0 aliphatic carbocycles. The number of rotatable bonds is 6. The molecule has 2 aliphatic heterocycles. The summed E-state index contributed by atoms with van der Waals surface area (Å²) in [6, 6.07) is 13.8. The van der Waals surface area contributed by atoms with Crippen molar-refractivity contribution < 1.29 is 14.4 Å². The Balaban J connectivity index is 1.32. The Morgan fingerprint density at radius 3 is 2.38 bits per heavy atom. The molecule has 1 atom stereocenters. The van der Waals surface area contributed by atoms with Gasteiger partial charge in [-0.2, -0.15) is 0 Å². The van der Waals surface area contributed by atoms with Gasteiger partial charge in [-0.05, 0) is 36.4 Å². The number of hydrogen-bond acceptors (Lipinski definition) is 5. The standard InChI is InChI=1S/C24H27Cl2N5O3/c25-17-5-7-18(8-6-17)30-13-11-29(12-14-30)16-23(33)31-10-9-27-24(34)21(31)15-22(32)28-20-4-2-1-3-19(20)26/h1-8,21H,9-16H2,(H,27,34)(H,28,32). The van der Waals surface area contributed by atoms with Gasteiger partial charge in [-0.1, -0.05) is 35.3 Å². The predicted octanol–water partition coefficient (Wildman–Crippen LogP) is 2.47. The van der Waals surface area contributed by atoms with Gasteiger partial charge in [0.15, 0.2) is 0 Å². The number of nitrogens with zero attached hydrogens (tertiary/aromatic N) is 3. The van der Waals surface area contributed by atoms with Gasteiger partial charge in [0.1, 0.15) is 6.04 Å². The molecule has 2 aliphatic rings. The summed E-state index contributed by atoms with van der Waals surface area (Å²) in [5.41, 5.74) is 1.58. The van der Waals surface area contributed by atoms with E-state index in [1.54, 1.807) is 24.3 Å². The molecule has 0 aromatic heterocycles. The number of benzene rings is 2. The second-order valence-corrected chi connectivity index (χ2v) is 9.21. The Hall–Kier alpha value is -2.81. The van der Waals surface area contributed by atoms with E-state index in [1.807, 2.05) is 24.3 Å². The molecule has 4 rings (SSSR count). The molecule has 0 bridgehead atoms. The lowest BCUT2D eigenvalue weighted by Crippen LogP contribution is -2.60. The van der Waals surface area contributed by atoms with Crippen LogP contribution in [0, 0.1) is 0 Å². The molecule has 2 aromatic carbocycles. The van der Waals surface area contributed by atoms with Gasteiger partial charge in [0.25, 0.3) is 0 Å². The molecule has 2 aromatic rings. The Morgan fingerprint density at radius 2 is 1.68 bits per heavy atom. The zero-order chi connectivity index (χ0) is 24.1. The summed E-state index contributed by atoms with van der Waals surface area (Å²) in [7, 11) is 0. The lowest BCUT2D eigenvalue weighted by molar-refractivity contribution is -0.145. The summed E-state index contributed by atoms with van der Waals surface area (Å²) >= 11 is 12.1. The van der Waals surface area contributed by atoms with Crippen molar-refractivity contribution in [3.63, 3.8) is 0 Å². The van der Waals surface area contributed by atoms with Crippen LogP contribution in [0.5, 0.6) is 0 Å². The van der Waals surface area contributed by atoms with E-state index in [2.05, 4.69) is 20.4 Å². The second-order valence-electron chi connectivity index (χ2n) is 8.37. The van der Waals surface area contributed by atoms with Crippen molar-refractivity contribution in [3.05, 3.63) is 58.6 Å². The van der Waals surface area contributed by atoms with Crippen molar-refractivity contribution in [1.82, 2.24) is 15.1 Å². The smallest absolute Gasteiger partial charge is 0.243 e. The molecule has 1 unspecified atom stereocenters. The second kappa shape index (κ2) is 11.1. The van der Waals surface area contributed by atoms with Crippen molar-refractivity contribution in [2.24, 2.45) is 0 Å². The SMILES string of the molecule is O=C(CC1C(=O)NCCN1C(=O)CN1CCN(c2ccc(Cl)cc2)CC1)Nc1ccccc1Cl. The van der Waals surface area contributed by atoms with Crippen LogP contribution in [0.3, 0.4) is 0 Å². The van der Waals surface area contributed by atoms with E-state index in [0.717, 1.165) is 31.9 Å². The molecule has 3 amide bonds. The van der Waals surface area contributed by atoms with Crippen LogP contribution in [-0.4, -0.2) is 79.4 Å². The maximum atomic E-state index is 13.1. The molecular formula is C24H27Cl2N5O3. The van der Waals surface area contributed by atoms with Crippen LogP contribution in [0.15, 0.2) is 48.5 Å². The van der Waals surface area contributed by atoms with E-state index in [-0.39, 0.29) is 30.7 Å². The van der Waals surface area contributed by atoms with Gasteiger partial charge in [-0.15, -0.1) is 0 Å². The minimum Gasteiger partial charge on any atom is -0.369 e. The van der Waals surface area contributed by atoms with Crippen LogP contribution in [-0.2, 0) is 14.4 Å². The van der Waals surface area contributed by atoms with Crippen LogP contribution < -0.4 is 15.5 Å². The molecule has 2 N–H and O–H groups in total. The number of carbonyl (C=O) groups excluding carboxylic acids is 3. The van der Waals surface area contributed by atoms with Crippen LogP contribution in [0.1, 0.15) is 6.42 Å². The maximum absolute atomic E-state index is 13.1. The Labute approximate surface area is 208 Å². The molecule has 0 radical (unpaired) electrons. The normalized spacial score (nSPS) is 19.0. The van der Waals surface area contributed by atoms with E-state index in [1.165, 1.54) is 4.90 Å². The lowest BCUT2D eigenvalue weighted by atomic mass is 10.1. The number of hydrogen-bond donors (Lipinski definition) is 2. The molecule has 180 valence electrons. The van der Waals surface area contributed by atoms with Crippen molar-refractivity contribution in [3.8, 4) is 0 Å². The quantitative estimate of drug-likeness (QED) is 0.632. The van der Waals surface area contributed by atoms with Gasteiger partial charge in [0.05, 0.1) is 23.7 Å². The third-order valence-electron chi connectivity index (χ3n) is 6.10. The van der Waals surface area contributed by atoms with E-state index >= 15 is 0 Å². The zero-order valence-electron chi connectivity index (χ0n) is 18.7. The van der Waals surface area contributed by atoms with Gasteiger partial charge in [-0.25, -0.2) is 0 Å². The number of amides is 3. The third-order valence-corrected chi connectivity index (χ3v) is 6.68. The fourth-order valence-electron chi connectivity index (χ4n) is 4.25. The Bertz CT molecular complexity index is 1040. The van der Waals surface area contributed by atoms with Crippen molar-refractivity contribution in [2.75, 3.05) is 56.0 Å². The van der Waals surface area contributed by atoms with Gasteiger partial charge in [0.2, 0.25) is 17.7 Å². The monoisotopic (exact) mass is 503 g/mol. The first-order valence-electron chi connectivity index (χ1n) is 11.2. The first-order valence-corrected chi connectivity index (χ1v) is 12.0. The highest BCUT2D eigenvalue weighted by molar-refractivity contribution is 6.33. The predicted molar refractivity (Wildman–Crippen MR) is 133 cm³/mol. The lowest BCUT2D eigenvalue weighted by Gasteiger charge is -2.39. The molecule has 34 heavy (non-hydrogen) atoms. The highest BCUT2D eigenvalue weighted by Gasteiger charge is 2.35. The Kier molecular flexibility index (Phi) is 7.92. The van der Waals surface area contributed by atoms with Gasteiger partial charge >= 0.3 is 0 Å². The van der Waals surface area contributed by atoms with E-state index in [0.29, 0.717) is 28.8 Å². The van der Waals surface area contributed by atoms with E-state index in [9.17, 15) is 14.4 Å². The van der Waals surface area contributed by atoms with Crippen molar-refractivity contribution >= 4 is 52.3 Å². The highest BCUT2D eigenvalue weighted by atomic mass is 35.5. The zero-order valence-corrected chi connectivity index (χ0v) is 20.2. The maximum Gasteiger partial charge on any atom is 0.243 e. The van der Waals surface area contributed by atoms with E-state index in [4.69, 9.17) is 23.2 Å². The number of halogens is 2. The summed E-state index contributed by atoms with van der Waals surface area (Å²) in [6.45, 7) is 4.00. The van der Waals surface area contributed by atoms with Crippen LogP contribution in [0.2, 0.25) is 10.0 Å². The number of para-hydroxylation sites is 1. The molecule has 2 fully saturated rings. The van der Waals surface area contributed by atoms with E-state index < -0.39 is 6.04 Å². The fourth-order valence-corrected chi connectivity index (χ4v) is 4.56.